The maximum Gasteiger partial charge on any atom is 0.141 e. The molecule has 1 aromatic heterocycles. The van der Waals surface area contributed by atoms with Crippen molar-refractivity contribution in [3.8, 4) is 5.75 Å². The molecule has 0 spiro atoms. The van der Waals surface area contributed by atoms with Gasteiger partial charge in [0.1, 0.15) is 10.9 Å². The highest BCUT2D eigenvalue weighted by molar-refractivity contribution is 6.29. The van der Waals surface area contributed by atoms with Crippen LogP contribution in [0.3, 0.4) is 0 Å². The normalized spacial score (nSPS) is 8.92. The van der Waals surface area contributed by atoms with Crippen molar-refractivity contribution in [1.82, 2.24) is 4.98 Å². The minimum Gasteiger partial charge on any atom is -0.495 e. The number of nitrogens with two attached hydrogens (primary N) is 1. The highest BCUT2D eigenvalue weighted by atomic mass is 35.5. The van der Waals surface area contributed by atoms with E-state index in [2.05, 4.69) is 4.98 Å². The van der Waals surface area contributed by atoms with Crippen molar-refractivity contribution in [2.24, 2.45) is 5.73 Å². The van der Waals surface area contributed by atoms with Crippen molar-refractivity contribution < 1.29 is 4.74 Å². The van der Waals surface area contributed by atoms with Crippen LogP contribution in [0.5, 0.6) is 5.75 Å². The number of hydrogen-bond acceptors (Lipinski definition) is 3. The Morgan fingerprint density at radius 2 is 2.25 bits per heavy atom. The second-order valence-corrected chi connectivity index (χ2v) is 2.37. The summed E-state index contributed by atoms with van der Waals surface area (Å²) in [7, 11) is 1.57. The Morgan fingerprint density at radius 3 is 2.75 bits per heavy atom. The molecular weight excluding hydrogens is 199 g/mol. The summed E-state index contributed by atoms with van der Waals surface area (Å²) in [6.45, 7) is 0.337. The molecule has 0 saturated carbocycles. The number of pyridine rings is 1. The molecule has 0 radical (unpaired) electrons. The lowest BCUT2D eigenvalue weighted by atomic mass is 10.3. The number of halogens is 2. The predicted octanol–water partition coefficient (Wildman–Crippen LogP) is 1.62. The van der Waals surface area contributed by atoms with Gasteiger partial charge in [0.25, 0.3) is 0 Å². The van der Waals surface area contributed by atoms with E-state index in [0.717, 1.165) is 0 Å². The van der Waals surface area contributed by atoms with Crippen LogP contribution in [0.1, 0.15) is 5.69 Å². The van der Waals surface area contributed by atoms with E-state index in [-0.39, 0.29) is 12.4 Å². The number of hydrogen-bond donors (Lipinski definition) is 1. The molecule has 0 aliphatic carbocycles. The summed E-state index contributed by atoms with van der Waals surface area (Å²) in [4.78, 5) is 3.98. The molecule has 0 amide bonds. The van der Waals surface area contributed by atoms with Crippen LogP contribution >= 0.6 is 24.0 Å². The topological polar surface area (TPSA) is 48.1 Å². The zero-order valence-corrected chi connectivity index (χ0v) is 8.15. The number of rotatable bonds is 2. The first kappa shape index (κ1) is 11.5. The summed E-state index contributed by atoms with van der Waals surface area (Å²) in [5.41, 5.74) is 6.07. The van der Waals surface area contributed by atoms with Crippen molar-refractivity contribution in [2.75, 3.05) is 7.11 Å². The summed E-state index contributed by atoms with van der Waals surface area (Å²) in [5, 5.41) is 0.436. The van der Waals surface area contributed by atoms with Gasteiger partial charge in [-0.1, -0.05) is 11.6 Å². The van der Waals surface area contributed by atoms with Gasteiger partial charge >= 0.3 is 0 Å². The summed E-state index contributed by atoms with van der Waals surface area (Å²) in [5.74, 6) is 0.678. The van der Waals surface area contributed by atoms with Crippen LogP contribution in [-0.4, -0.2) is 12.1 Å². The second kappa shape index (κ2) is 5.19. The van der Waals surface area contributed by atoms with E-state index in [1.54, 1.807) is 19.2 Å². The maximum atomic E-state index is 5.63. The van der Waals surface area contributed by atoms with Gasteiger partial charge in [0, 0.05) is 6.54 Å². The quantitative estimate of drug-likeness (QED) is 0.753. The molecule has 0 aliphatic heterocycles. The Hall–Kier alpha value is -0.510. The van der Waals surface area contributed by atoms with E-state index in [9.17, 15) is 0 Å². The summed E-state index contributed by atoms with van der Waals surface area (Å²) < 4.78 is 4.99. The van der Waals surface area contributed by atoms with Gasteiger partial charge < -0.3 is 10.5 Å². The fourth-order valence-corrected chi connectivity index (χ4v) is 0.959. The van der Waals surface area contributed by atoms with Gasteiger partial charge in [-0.25, -0.2) is 4.98 Å². The highest BCUT2D eigenvalue weighted by Crippen LogP contribution is 2.17. The van der Waals surface area contributed by atoms with E-state index in [0.29, 0.717) is 23.1 Å². The predicted molar refractivity (Wildman–Crippen MR) is 50.9 cm³/mol. The largest absolute Gasteiger partial charge is 0.495 e. The first-order valence-electron chi connectivity index (χ1n) is 3.17. The van der Waals surface area contributed by atoms with Crippen molar-refractivity contribution >= 4 is 24.0 Å². The van der Waals surface area contributed by atoms with Gasteiger partial charge in [0.2, 0.25) is 0 Å². The minimum absolute atomic E-state index is 0. The van der Waals surface area contributed by atoms with Gasteiger partial charge in [-0.2, -0.15) is 0 Å². The molecule has 12 heavy (non-hydrogen) atoms. The van der Waals surface area contributed by atoms with Crippen LogP contribution < -0.4 is 10.5 Å². The standard InChI is InChI=1S/C7H9ClN2O.ClH/c1-11-6-2-3-7(8)10-5(6)4-9;/h2-3H,4,9H2,1H3;1H. The fourth-order valence-electron chi connectivity index (χ4n) is 0.794. The number of ether oxygens (including phenoxy) is 1. The number of nitrogens with zero attached hydrogens (tertiary/aromatic N) is 1. The third-order valence-electron chi connectivity index (χ3n) is 1.31. The third kappa shape index (κ3) is 2.52. The number of methoxy groups -OCH3 is 1. The monoisotopic (exact) mass is 208 g/mol. The lowest BCUT2D eigenvalue weighted by Crippen LogP contribution is -2.02. The van der Waals surface area contributed by atoms with Crippen LogP contribution in [-0.2, 0) is 6.54 Å². The SMILES string of the molecule is COc1ccc(Cl)nc1CN.Cl. The Kier molecular flexibility index (Phi) is 4.97. The lowest BCUT2D eigenvalue weighted by Gasteiger charge is -2.04. The van der Waals surface area contributed by atoms with Crippen molar-refractivity contribution in [3.63, 3.8) is 0 Å². The Morgan fingerprint density at radius 1 is 1.58 bits per heavy atom. The molecule has 0 atom stereocenters. The van der Waals surface area contributed by atoms with Crippen molar-refractivity contribution in [3.05, 3.63) is 23.0 Å². The summed E-state index contributed by atoms with van der Waals surface area (Å²) in [6, 6.07) is 3.41. The van der Waals surface area contributed by atoms with E-state index in [4.69, 9.17) is 22.1 Å². The van der Waals surface area contributed by atoms with E-state index in [1.165, 1.54) is 0 Å². The molecule has 2 N–H and O–H groups in total. The molecule has 1 aromatic rings. The molecule has 68 valence electrons. The Bertz CT molecular complexity index is 255. The molecule has 1 heterocycles. The van der Waals surface area contributed by atoms with Gasteiger partial charge in [-0.15, -0.1) is 12.4 Å². The molecule has 0 fully saturated rings. The summed E-state index contributed by atoms with van der Waals surface area (Å²) in [6.07, 6.45) is 0. The van der Waals surface area contributed by atoms with Crippen LogP contribution in [0, 0.1) is 0 Å². The van der Waals surface area contributed by atoms with E-state index in [1.807, 2.05) is 0 Å². The van der Waals surface area contributed by atoms with Crippen LogP contribution in [0.25, 0.3) is 0 Å². The van der Waals surface area contributed by atoms with Gasteiger partial charge in [-0.05, 0) is 12.1 Å². The van der Waals surface area contributed by atoms with Gasteiger partial charge in [-0.3, -0.25) is 0 Å². The Labute approximate surface area is 82.3 Å². The van der Waals surface area contributed by atoms with Crippen LogP contribution in [0.15, 0.2) is 12.1 Å². The maximum absolute atomic E-state index is 5.63. The molecule has 0 saturated heterocycles. The van der Waals surface area contributed by atoms with Crippen LogP contribution in [0.4, 0.5) is 0 Å². The summed E-state index contributed by atoms with van der Waals surface area (Å²) >= 11 is 5.63. The highest BCUT2D eigenvalue weighted by Gasteiger charge is 2.01. The molecule has 5 heteroatoms. The zero-order valence-electron chi connectivity index (χ0n) is 6.58. The first-order valence-corrected chi connectivity index (χ1v) is 3.55. The van der Waals surface area contributed by atoms with Gasteiger partial charge in [0.15, 0.2) is 0 Å². The molecule has 3 nitrogen and oxygen atoms in total. The fraction of sp³-hybridized carbons (Fsp3) is 0.286. The van der Waals surface area contributed by atoms with Gasteiger partial charge in [0.05, 0.1) is 12.8 Å². The van der Waals surface area contributed by atoms with E-state index >= 15 is 0 Å². The molecule has 0 aromatic carbocycles. The minimum atomic E-state index is 0. The van der Waals surface area contributed by atoms with Crippen molar-refractivity contribution in [1.29, 1.82) is 0 Å². The molecule has 0 bridgehead atoms. The molecular formula is C7H10Cl2N2O. The van der Waals surface area contributed by atoms with Crippen LogP contribution in [0.2, 0.25) is 5.15 Å². The zero-order chi connectivity index (χ0) is 8.27. The van der Waals surface area contributed by atoms with Crippen molar-refractivity contribution in [2.45, 2.75) is 6.54 Å². The molecule has 0 aliphatic rings. The lowest BCUT2D eigenvalue weighted by molar-refractivity contribution is 0.407. The Balaban J connectivity index is 0.00000121. The van der Waals surface area contributed by atoms with E-state index < -0.39 is 0 Å². The number of aromatic nitrogens is 1. The second-order valence-electron chi connectivity index (χ2n) is 1.99. The average Bonchev–Trinajstić information content (AvgIpc) is 2.04. The molecule has 1 rings (SSSR count). The molecule has 0 unspecified atom stereocenters. The smallest absolute Gasteiger partial charge is 0.141 e. The first-order chi connectivity index (χ1) is 5.27. The average molecular weight is 209 g/mol. The third-order valence-corrected chi connectivity index (χ3v) is 1.52.